The second-order valence-electron chi connectivity index (χ2n) is 4.77. The predicted octanol–water partition coefficient (Wildman–Crippen LogP) is 2.86. The Morgan fingerprint density at radius 3 is 2.53 bits per heavy atom. The number of rotatable bonds is 4. The lowest BCUT2D eigenvalue weighted by molar-refractivity contribution is 0.416. The summed E-state index contributed by atoms with van der Waals surface area (Å²) < 4.78 is 0. The molecule has 0 aromatic heterocycles. The van der Waals surface area contributed by atoms with E-state index in [1.54, 1.807) is 5.57 Å². The molecule has 2 aliphatic rings. The first kappa shape index (κ1) is 10.7. The highest BCUT2D eigenvalue weighted by Crippen LogP contribution is 2.42. The van der Waals surface area contributed by atoms with E-state index in [0.29, 0.717) is 6.04 Å². The van der Waals surface area contributed by atoms with Crippen LogP contribution in [0.25, 0.3) is 0 Å². The predicted molar refractivity (Wildman–Crippen MR) is 65.2 cm³/mol. The average Bonchev–Trinajstić information content (AvgIpc) is 2.97. The normalized spacial score (nSPS) is 27.9. The van der Waals surface area contributed by atoms with Crippen molar-refractivity contribution in [2.24, 2.45) is 10.9 Å². The molecule has 1 saturated carbocycles. The van der Waals surface area contributed by atoms with E-state index in [9.17, 15) is 0 Å². The third-order valence-electron chi connectivity index (χ3n) is 3.31. The van der Waals surface area contributed by atoms with E-state index >= 15 is 0 Å². The second-order valence-corrected chi connectivity index (χ2v) is 4.77. The van der Waals surface area contributed by atoms with E-state index < -0.39 is 0 Å². The van der Waals surface area contributed by atoms with Crippen LogP contribution in [0.3, 0.4) is 0 Å². The molecule has 0 amide bonds. The number of dihydropyridines is 1. The molecule has 1 heterocycles. The third-order valence-corrected chi connectivity index (χ3v) is 3.31. The molecule has 84 valence electrons. The van der Waals surface area contributed by atoms with Crippen LogP contribution in [0.1, 0.15) is 40.0 Å². The molecule has 2 unspecified atom stereocenters. The van der Waals surface area contributed by atoms with Gasteiger partial charge in [0.05, 0.1) is 6.04 Å². The van der Waals surface area contributed by atoms with Crippen LogP contribution < -0.4 is 0 Å². The van der Waals surface area contributed by atoms with Crippen LogP contribution in [0.5, 0.6) is 0 Å². The Bertz CT molecular complexity index is 285. The van der Waals surface area contributed by atoms with E-state index in [1.807, 2.05) is 0 Å². The number of nitrogens with zero attached hydrogens (tertiary/aromatic N) is 2. The minimum atomic E-state index is 0.626. The number of aliphatic imine (C=N–C) groups is 1. The maximum atomic E-state index is 4.81. The standard InChI is InChI=1S/C13H22N2/c1-4-6-15(7-5-2)13-8-10(3)11-9-12(11)14-13/h8,11-12H,4-7,9H2,1-3H3. The van der Waals surface area contributed by atoms with E-state index in [2.05, 4.69) is 31.7 Å². The molecule has 0 N–H and O–H groups in total. The summed E-state index contributed by atoms with van der Waals surface area (Å²) in [5.74, 6) is 2.04. The maximum absolute atomic E-state index is 4.81. The average molecular weight is 206 g/mol. The lowest BCUT2D eigenvalue weighted by atomic mass is 10.1. The molecule has 0 radical (unpaired) electrons. The Labute approximate surface area is 93.1 Å². The van der Waals surface area contributed by atoms with Crippen LogP contribution in [-0.2, 0) is 0 Å². The van der Waals surface area contributed by atoms with E-state index in [-0.39, 0.29) is 0 Å². The van der Waals surface area contributed by atoms with Crippen LogP contribution in [0.2, 0.25) is 0 Å². The molecule has 1 aliphatic carbocycles. The van der Waals surface area contributed by atoms with Gasteiger partial charge < -0.3 is 4.90 Å². The summed E-state index contributed by atoms with van der Waals surface area (Å²) in [5, 5.41) is 0. The lowest BCUT2D eigenvalue weighted by Gasteiger charge is -2.25. The Morgan fingerprint density at radius 2 is 2.00 bits per heavy atom. The zero-order valence-corrected chi connectivity index (χ0v) is 10.2. The van der Waals surface area contributed by atoms with Gasteiger partial charge in [0.2, 0.25) is 0 Å². The summed E-state index contributed by atoms with van der Waals surface area (Å²) in [7, 11) is 0. The summed E-state index contributed by atoms with van der Waals surface area (Å²) in [5.41, 5.74) is 1.54. The molecule has 1 fully saturated rings. The minimum absolute atomic E-state index is 0.626. The molecule has 0 spiro atoms. The summed E-state index contributed by atoms with van der Waals surface area (Å²) in [6.07, 6.45) is 6.01. The van der Waals surface area contributed by atoms with Crippen molar-refractivity contribution < 1.29 is 0 Å². The van der Waals surface area contributed by atoms with Gasteiger partial charge in [-0.2, -0.15) is 0 Å². The van der Waals surface area contributed by atoms with Gasteiger partial charge >= 0.3 is 0 Å². The molecule has 0 aromatic carbocycles. The van der Waals surface area contributed by atoms with E-state index in [4.69, 9.17) is 4.99 Å². The Balaban J connectivity index is 2.07. The van der Waals surface area contributed by atoms with Gasteiger partial charge in [0.25, 0.3) is 0 Å². The summed E-state index contributed by atoms with van der Waals surface area (Å²) in [6, 6.07) is 0.626. The number of hydrogen-bond acceptors (Lipinski definition) is 2. The SMILES string of the molecule is CCCN(CCC)C1=NC2CC2C(C)=C1. The highest BCUT2D eigenvalue weighted by Gasteiger charge is 2.41. The molecule has 0 aromatic rings. The number of hydrogen-bond donors (Lipinski definition) is 0. The van der Waals surface area contributed by atoms with Gasteiger partial charge in [0.1, 0.15) is 5.84 Å². The van der Waals surface area contributed by atoms with Crippen molar-refractivity contribution >= 4 is 5.84 Å². The van der Waals surface area contributed by atoms with Crippen LogP contribution >= 0.6 is 0 Å². The first-order valence-corrected chi connectivity index (χ1v) is 6.27. The first-order chi connectivity index (χ1) is 7.26. The molecular weight excluding hydrogens is 184 g/mol. The van der Waals surface area contributed by atoms with Crippen LogP contribution in [-0.4, -0.2) is 29.9 Å². The molecular formula is C13H22N2. The number of fused-ring (bicyclic) bond motifs is 1. The van der Waals surface area contributed by atoms with Gasteiger partial charge in [0.15, 0.2) is 0 Å². The summed E-state index contributed by atoms with van der Waals surface area (Å²) in [4.78, 5) is 7.25. The van der Waals surface area contributed by atoms with Gasteiger partial charge in [-0.3, -0.25) is 4.99 Å². The fourth-order valence-electron chi connectivity index (χ4n) is 2.39. The second kappa shape index (κ2) is 4.38. The Morgan fingerprint density at radius 1 is 1.33 bits per heavy atom. The van der Waals surface area contributed by atoms with Gasteiger partial charge in [0, 0.05) is 19.0 Å². The fourth-order valence-corrected chi connectivity index (χ4v) is 2.39. The maximum Gasteiger partial charge on any atom is 0.123 e. The molecule has 15 heavy (non-hydrogen) atoms. The first-order valence-electron chi connectivity index (χ1n) is 6.27. The van der Waals surface area contributed by atoms with E-state index in [0.717, 1.165) is 19.0 Å². The molecule has 2 heteroatoms. The van der Waals surface area contributed by atoms with Crippen molar-refractivity contribution in [2.75, 3.05) is 13.1 Å². The van der Waals surface area contributed by atoms with Gasteiger partial charge in [-0.25, -0.2) is 0 Å². The highest BCUT2D eigenvalue weighted by molar-refractivity contribution is 5.95. The quantitative estimate of drug-likeness (QED) is 0.690. The highest BCUT2D eigenvalue weighted by atomic mass is 15.2. The summed E-state index contributed by atoms with van der Waals surface area (Å²) >= 11 is 0. The Hall–Kier alpha value is -0.790. The molecule has 2 nitrogen and oxygen atoms in total. The molecule has 2 atom stereocenters. The van der Waals surface area contributed by atoms with E-state index in [1.165, 1.54) is 25.1 Å². The fraction of sp³-hybridized carbons (Fsp3) is 0.769. The van der Waals surface area contributed by atoms with Crippen molar-refractivity contribution in [1.29, 1.82) is 0 Å². The molecule has 1 aliphatic heterocycles. The van der Waals surface area contributed by atoms with Crippen LogP contribution in [0.4, 0.5) is 0 Å². The van der Waals surface area contributed by atoms with Crippen LogP contribution in [0.15, 0.2) is 16.6 Å². The van der Waals surface area contributed by atoms with Gasteiger partial charge in [-0.15, -0.1) is 0 Å². The zero-order valence-electron chi connectivity index (χ0n) is 10.2. The topological polar surface area (TPSA) is 15.6 Å². The van der Waals surface area contributed by atoms with Crippen LogP contribution in [0, 0.1) is 5.92 Å². The van der Waals surface area contributed by atoms with Crippen molar-refractivity contribution in [3.63, 3.8) is 0 Å². The lowest BCUT2D eigenvalue weighted by Crippen LogP contribution is -2.32. The zero-order chi connectivity index (χ0) is 10.8. The van der Waals surface area contributed by atoms with Crippen molar-refractivity contribution in [2.45, 2.75) is 46.1 Å². The van der Waals surface area contributed by atoms with Gasteiger partial charge in [-0.05, 0) is 32.3 Å². The van der Waals surface area contributed by atoms with Gasteiger partial charge in [-0.1, -0.05) is 19.4 Å². The molecule has 0 saturated heterocycles. The Kier molecular flexibility index (Phi) is 3.13. The van der Waals surface area contributed by atoms with Crippen molar-refractivity contribution in [3.05, 3.63) is 11.6 Å². The number of amidine groups is 1. The smallest absolute Gasteiger partial charge is 0.123 e. The third kappa shape index (κ3) is 2.24. The molecule has 0 bridgehead atoms. The monoisotopic (exact) mass is 206 g/mol. The largest absolute Gasteiger partial charge is 0.357 e. The summed E-state index contributed by atoms with van der Waals surface area (Å²) in [6.45, 7) is 9.03. The minimum Gasteiger partial charge on any atom is -0.357 e. The van der Waals surface area contributed by atoms with Crippen molar-refractivity contribution in [1.82, 2.24) is 4.90 Å². The van der Waals surface area contributed by atoms with Crippen molar-refractivity contribution in [3.8, 4) is 0 Å². The molecule has 2 rings (SSSR count).